The van der Waals surface area contributed by atoms with Crippen molar-refractivity contribution in [3.8, 4) is 0 Å². The van der Waals surface area contributed by atoms with Gasteiger partial charge in [-0.2, -0.15) is 13.2 Å². The van der Waals surface area contributed by atoms with Crippen LogP contribution in [0.4, 0.5) is 18.9 Å². The zero-order valence-corrected chi connectivity index (χ0v) is 13.9. The van der Waals surface area contributed by atoms with Crippen LogP contribution in [0, 0.1) is 0 Å². The number of amides is 1. The van der Waals surface area contributed by atoms with Crippen LogP contribution < -0.4 is 5.32 Å². The molecule has 7 heteroatoms. The van der Waals surface area contributed by atoms with E-state index in [-0.39, 0.29) is 12.1 Å². The first-order valence-corrected chi connectivity index (χ1v) is 7.90. The molecule has 0 aliphatic rings. The lowest BCUT2D eigenvalue weighted by atomic mass is 10.1. The van der Waals surface area contributed by atoms with Crippen molar-refractivity contribution in [3.63, 3.8) is 0 Å². The van der Waals surface area contributed by atoms with E-state index < -0.39 is 17.6 Å². The molecular formula is C18H20F3N3O. The Bertz CT molecular complexity index is 689. The van der Waals surface area contributed by atoms with Crippen LogP contribution in [0.3, 0.4) is 0 Å². The van der Waals surface area contributed by atoms with E-state index in [1.807, 2.05) is 24.1 Å². The number of nitrogens with zero attached hydrogens (tertiary/aromatic N) is 2. The second kappa shape index (κ2) is 8.62. The smallest absolute Gasteiger partial charge is 0.325 e. The predicted octanol–water partition coefficient (Wildman–Crippen LogP) is 3.60. The molecule has 0 saturated carbocycles. The summed E-state index contributed by atoms with van der Waals surface area (Å²) >= 11 is 0. The molecule has 1 heterocycles. The maximum atomic E-state index is 12.9. The van der Waals surface area contributed by atoms with Gasteiger partial charge in [0.25, 0.3) is 0 Å². The summed E-state index contributed by atoms with van der Waals surface area (Å²) in [7, 11) is 1.87. The molecule has 2 rings (SSSR count). The van der Waals surface area contributed by atoms with Crippen LogP contribution in [0.5, 0.6) is 0 Å². The first-order chi connectivity index (χ1) is 11.9. The molecule has 1 aromatic heterocycles. The average Bonchev–Trinajstić information content (AvgIpc) is 2.58. The fraction of sp³-hybridized carbons (Fsp3) is 0.333. The zero-order chi connectivity index (χ0) is 18.3. The lowest BCUT2D eigenvalue weighted by Crippen LogP contribution is -2.26. The first kappa shape index (κ1) is 18.9. The standard InChI is InChI=1S/C18H20F3N3O/c1-24(12-8-14-6-10-22-11-7-14)13-9-17(25)23-16-5-3-2-4-15(16)18(19,20)21/h2-7,10-11H,8-9,12-13H2,1H3,(H,23,25). The fourth-order valence-corrected chi connectivity index (χ4v) is 2.33. The summed E-state index contributed by atoms with van der Waals surface area (Å²) in [4.78, 5) is 17.9. The third kappa shape index (κ3) is 6.19. The minimum absolute atomic E-state index is 0.124. The molecule has 0 bridgehead atoms. The number of para-hydroxylation sites is 1. The normalized spacial score (nSPS) is 11.6. The van der Waals surface area contributed by atoms with Crippen molar-refractivity contribution in [1.29, 1.82) is 0 Å². The highest BCUT2D eigenvalue weighted by atomic mass is 19.4. The maximum absolute atomic E-state index is 12.9. The van der Waals surface area contributed by atoms with Gasteiger partial charge in [-0.05, 0) is 43.3 Å². The number of nitrogens with one attached hydrogen (secondary N) is 1. The lowest BCUT2D eigenvalue weighted by Gasteiger charge is -2.17. The molecule has 134 valence electrons. The number of aromatic nitrogens is 1. The van der Waals surface area contributed by atoms with Crippen molar-refractivity contribution in [2.24, 2.45) is 0 Å². The van der Waals surface area contributed by atoms with Crippen LogP contribution >= 0.6 is 0 Å². The molecule has 25 heavy (non-hydrogen) atoms. The van der Waals surface area contributed by atoms with Gasteiger partial charge in [-0.15, -0.1) is 0 Å². The Morgan fingerprint density at radius 3 is 2.48 bits per heavy atom. The SMILES string of the molecule is CN(CCC(=O)Nc1ccccc1C(F)(F)F)CCc1ccncc1. The van der Waals surface area contributed by atoms with Gasteiger partial charge in [-0.25, -0.2) is 0 Å². The Hall–Kier alpha value is -2.41. The average molecular weight is 351 g/mol. The van der Waals surface area contributed by atoms with Crippen LogP contribution in [-0.2, 0) is 17.4 Å². The molecule has 1 amide bonds. The van der Waals surface area contributed by atoms with Crippen LogP contribution in [0.15, 0.2) is 48.8 Å². The van der Waals surface area contributed by atoms with Crippen LogP contribution in [0.1, 0.15) is 17.5 Å². The quantitative estimate of drug-likeness (QED) is 0.829. The lowest BCUT2D eigenvalue weighted by molar-refractivity contribution is -0.137. The molecule has 0 saturated heterocycles. The number of hydrogen-bond donors (Lipinski definition) is 1. The van der Waals surface area contributed by atoms with Crippen molar-refractivity contribution in [2.45, 2.75) is 19.0 Å². The summed E-state index contributed by atoms with van der Waals surface area (Å²) in [5, 5.41) is 2.35. The number of anilines is 1. The van der Waals surface area contributed by atoms with Crippen LogP contribution in [-0.4, -0.2) is 35.9 Å². The molecule has 0 atom stereocenters. The van der Waals surface area contributed by atoms with Gasteiger partial charge in [0, 0.05) is 31.9 Å². The van der Waals surface area contributed by atoms with Crippen LogP contribution in [0.25, 0.3) is 0 Å². The van der Waals surface area contributed by atoms with Crippen molar-refractivity contribution in [1.82, 2.24) is 9.88 Å². The summed E-state index contributed by atoms with van der Waals surface area (Å²) < 4.78 is 38.7. The van der Waals surface area contributed by atoms with E-state index in [4.69, 9.17) is 0 Å². The first-order valence-electron chi connectivity index (χ1n) is 7.90. The van der Waals surface area contributed by atoms with Crippen molar-refractivity contribution in [2.75, 3.05) is 25.5 Å². The van der Waals surface area contributed by atoms with Gasteiger partial charge in [-0.3, -0.25) is 9.78 Å². The van der Waals surface area contributed by atoms with Crippen LogP contribution in [0.2, 0.25) is 0 Å². The molecule has 0 aliphatic carbocycles. The highest BCUT2D eigenvalue weighted by Crippen LogP contribution is 2.34. The van der Waals surface area contributed by atoms with Crippen molar-refractivity contribution in [3.05, 3.63) is 59.9 Å². The number of carbonyl (C=O) groups is 1. The molecule has 1 N–H and O–H groups in total. The number of pyridine rings is 1. The largest absolute Gasteiger partial charge is 0.418 e. The Kier molecular flexibility index (Phi) is 6.52. The van der Waals surface area contributed by atoms with E-state index in [0.717, 1.165) is 24.6 Å². The Morgan fingerprint density at radius 2 is 1.80 bits per heavy atom. The number of carbonyl (C=O) groups excluding carboxylic acids is 1. The third-order valence-electron chi connectivity index (χ3n) is 3.76. The second-order valence-corrected chi connectivity index (χ2v) is 5.75. The molecule has 0 unspecified atom stereocenters. The molecule has 4 nitrogen and oxygen atoms in total. The van der Waals surface area contributed by atoms with E-state index in [0.29, 0.717) is 6.54 Å². The number of likely N-dealkylation sites (N-methyl/N-ethyl adjacent to an activating group) is 1. The fourth-order valence-electron chi connectivity index (χ4n) is 2.33. The molecule has 0 spiro atoms. The minimum atomic E-state index is -4.49. The van der Waals surface area contributed by atoms with Gasteiger partial charge >= 0.3 is 6.18 Å². The minimum Gasteiger partial charge on any atom is -0.325 e. The van der Waals surface area contributed by atoms with Gasteiger partial charge in [-0.1, -0.05) is 12.1 Å². The molecule has 1 aromatic carbocycles. The number of halogens is 3. The number of benzene rings is 1. The summed E-state index contributed by atoms with van der Waals surface area (Å²) in [6.45, 7) is 1.21. The number of alkyl halides is 3. The number of hydrogen-bond acceptors (Lipinski definition) is 3. The molecular weight excluding hydrogens is 331 g/mol. The Balaban J connectivity index is 1.81. The van der Waals surface area contributed by atoms with Gasteiger partial charge < -0.3 is 10.2 Å². The Morgan fingerprint density at radius 1 is 1.12 bits per heavy atom. The summed E-state index contributed by atoms with van der Waals surface area (Å²) in [6, 6.07) is 8.82. The van der Waals surface area contributed by atoms with E-state index in [1.165, 1.54) is 18.2 Å². The predicted molar refractivity (Wildman–Crippen MR) is 90.1 cm³/mol. The summed E-state index contributed by atoms with van der Waals surface area (Å²) in [5.41, 5.74) is 0.0965. The third-order valence-corrected chi connectivity index (χ3v) is 3.76. The van der Waals surface area contributed by atoms with Gasteiger partial charge in [0.05, 0.1) is 11.3 Å². The molecule has 0 aliphatic heterocycles. The van der Waals surface area contributed by atoms with Gasteiger partial charge in [0.1, 0.15) is 0 Å². The second-order valence-electron chi connectivity index (χ2n) is 5.75. The highest BCUT2D eigenvalue weighted by Gasteiger charge is 2.33. The van der Waals surface area contributed by atoms with E-state index in [2.05, 4.69) is 10.3 Å². The summed E-state index contributed by atoms with van der Waals surface area (Å²) in [5.74, 6) is -0.438. The summed E-state index contributed by atoms with van der Waals surface area (Å²) in [6.07, 6.45) is -0.108. The number of rotatable bonds is 7. The van der Waals surface area contributed by atoms with Crippen molar-refractivity contribution < 1.29 is 18.0 Å². The monoisotopic (exact) mass is 351 g/mol. The Labute approximate surface area is 144 Å². The molecule has 2 aromatic rings. The highest BCUT2D eigenvalue weighted by molar-refractivity contribution is 5.91. The molecule has 0 radical (unpaired) electrons. The zero-order valence-electron chi connectivity index (χ0n) is 13.9. The van der Waals surface area contributed by atoms with E-state index in [9.17, 15) is 18.0 Å². The maximum Gasteiger partial charge on any atom is 0.418 e. The molecule has 0 fully saturated rings. The van der Waals surface area contributed by atoms with E-state index in [1.54, 1.807) is 12.4 Å². The van der Waals surface area contributed by atoms with Gasteiger partial charge in [0.15, 0.2) is 0 Å². The topological polar surface area (TPSA) is 45.2 Å². The van der Waals surface area contributed by atoms with Gasteiger partial charge in [0.2, 0.25) is 5.91 Å². The van der Waals surface area contributed by atoms with Crippen molar-refractivity contribution >= 4 is 11.6 Å². The van der Waals surface area contributed by atoms with E-state index >= 15 is 0 Å².